The van der Waals surface area contributed by atoms with Crippen molar-refractivity contribution >= 4 is 49.7 Å². The fourth-order valence-electron chi connectivity index (χ4n) is 6.61. The van der Waals surface area contributed by atoms with Gasteiger partial charge in [-0.25, -0.2) is 4.98 Å². The number of piperidine rings is 1. The van der Waals surface area contributed by atoms with Crippen LogP contribution < -0.4 is 10.2 Å². The van der Waals surface area contributed by atoms with Crippen LogP contribution in [-0.2, 0) is 22.6 Å². The summed E-state index contributed by atoms with van der Waals surface area (Å²) in [5, 5.41) is 6.49. The minimum absolute atomic E-state index is 0.137. The molecule has 9 heteroatoms. The van der Waals surface area contributed by atoms with E-state index < -0.39 is 16.1 Å². The Balaban J connectivity index is 1.40. The summed E-state index contributed by atoms with van der Waals surface area (Å²) in [6.45, 7) is 20.5. The maximum atomic E-state index is 12.7. The molecular formula is C39H58N4O3Si2. The van der Waals surface area contributed by atoms with Crippen molar-refractivity contribution in [3.8, 4) is 0 Å². The van der Waals surface area contributed by atoms with Gasteiger partial charge >= 0.3 is 0 Å². The van der Waals surface area contributed by atoms with Gasteiger partial charge in [-0.2, -0.15) is 0 Å². The van der Waals surface area contributed by atoms with Crippen LogP contribution in [0.4, 0.5) is 5.95 Å². The van der Waals surface area contributed by atoms with Gasteiger partial charge in [0.05, 0.1) is 11.0 Å². The molecule has 1 fully saturated rings. The lowest BCUT2D eigenvalue weighted by atomic mass is 9.88. The third kappa shape index (κ3) is 10.1. The Bertz CT molecular complexity index is 1650. The number of nitrogens with zero attached hydrogens (tertiary/aromatic N) is 3. The van der Waals surface area contributed by atoms with E-state index in [0.717, 1.165) is 74.6 Å². The van der Waals surface area contributed by atoms with E-state index in [2.05, 4.69) is 96.5 Å². The first-order chi connectivity index (χ1) is 22.9. The van der Waals surface area contributed by atoms with Crippen LogP contribution in [0.5, 0.6) is 0 Å². The molecule has 7 nitrogen and oxygen atoms in total. The second-order valence-electron chi connectivity index (χ2n) is 16.1. The predicted molar refractivity (Wildman–Crippen MR) is 207 cm³/mol. The van der Waals surface area contributed by atoms with Crippen LogP contribution in [0.15, 0.2) is 60.7 Å². The van der Waals surface area contributed by atoms with Crippen molar-refractivity contribution in [3.05, 3.63) is 71.8 Å². The van der Waals surface area contributed by atoms with E-state index in [4.69, 9.17) is 14.5 Å². The molecule has 0 amide bonds. The van der Waals surface area contributed by atoms with Gasteiger partial charge in [-0.3, -0.25) is 9.36 Å². The number of rotatable bonds is 17. The van der Waals surface area contributed by atoms with Gasteiger partial charge in [-0.15, -0.1) is 0 Å². The summed E-state index contributed by atoms with van der Waals surface area (Å²) in [6, 6.07) is 24.0. The van der Waals surface area contributed by atoms with Gasteiger partial charge in [0.1, 0.15) is 13.5 Å². The highest BCUT2D eigenvalue weighted by Gasteiger charge is 2.27. The Morgan fingerprint density at radius 2 is 1.69 bits per heavy atom. The molecule has 0 aliphatic carbocycles. The first-order valence-electron chi connectivity index (χ1n) is 18.0. The quantitative estimate of drug-likeness (QED) is 0.0518. The number of ketones is 1. The number of hydrogen-bond acceptors (Lipinski definition) is 6. The molecule has 3 aromatic carbocycles. The summed E-state index contributed by atoms with van der Waals surface area (Å²) in [6.07, 6.45) is 3.70. The monoisotopic (exact) mass is 686 g/mol. The van der Waals surface area contributed by atoms with Crippen LogP contribution in [0.1, 0.15) is 42.1 Å². The largest absolute Gasteiger partial charge is 0.361 e. The standard InChI is InChI=1S/C39H58N4O3Si2/c1-8-38(44)33-16-17-37-36(26-33)41-39(43(37)29-46-21-23-48(5,6)7)42(28-45-20-22-47(2,3)4)27-30-18-19-40-34(24-30)25-32-14-11-13-31-12-9-10-15-35(31)32/h9-17,26,30,34,40H,8,18-25,27-29H2,1-7H3. The number of carbonyl (C=O) groups excluding carboxylic acids is 1. The highest BCUT2D eigenvalue weighted by molar-refractivity contribution is 6.76. The lowest BCUT2D eigenvalue weighted by Gasteiger charge is -2.35. The lowest BCUT2D eigenvalue weighted by Crippen LogP contribution is -2.44. The van der Waals surface area contributed by atoms with Crippen LogP contribution in [0.25, 0.3) is 21.8 Å². The zero-order chi connectivity index (χ0) is 34.3. The molecular weight excluding hydrogens is 629 g/mol. The highest BCUT2D eigenvalue weighted by Crippen LogP contribution is 2.29. The van der Waals surface area contributed by atoms with Crippen molar-refractivity contribution in [3.63, 3.8) is 0 Å². The number of fused-ring (bicyclic) bond motifs is 2. The maximum Gasteiger partial charge on any atom is 0.210 e. The van der Waals surface area contributed by atoms with Crippen LogP contribution in [0.3, 0.4) is 0 Å². The molecule has 260 valence electrons. The molecule has 48 heavy (non-hydrogen) atoms. The van der Waals surface area contributed by atoms with Gasteiger partial charge in [-0.1, -0.05) is 88.7 Å². The average molecular weight is 687 g/mol. The van der Waals surface area contributed by atoms with E-state index in [1.54, 1.807) is 0 Å². The molecule has 2 heterocycles. The van der Waals surface area contributed by atoms with Gasteiger partial charge < -0.3 is 19.7 Å². The molecule has 1 aliphatic rings. The Kier molecular flexibility index (Phi) is 12.3. The molecule has 2 unspecified atom stereocenters. The Labute approximate surface area is 290 Å². The molecule has 1 N–H and O–H groups in total. The van der Waals surface area contributed by atoms with E-state index in [1.165, 1.54) is 16.3 Å². The van der Waals surface area contributed by atoms with Gasteiger partial charge in [-0.05, 0) is 78.3 Å². The van der Waals surface area contributed by atoms with Crippen molar-refractivity contribution in [2.45, 2.75) is 96.7 Å². The minimum Gasteiger partial charge on any atom is -0.361 e. The lowest BCUT2D eigenvalue weighted by molar-refractivity contribution is 0.0885. The molecule has 1 saturated heterocycles. The summed E-state index contributed by atoms with van der Waals surface area (Å²) in [4.78, 5) is 20.2. The van der Waals surface area contributed by atoms with E-state index in [1.807, 2.05) is 25.1 Å². The maximum absolute atomic E-state index is 12.7. The molecule has 5 rings (SSSR count). The normalized spacial score (nSPS) is 17.3. The molecule has 0 bridgehead atoms. The smallest absolute Gasteiger partial charge is 0.210 e. The average Bonchev–Trinajstić information content (AvgIpc) is 3.41. The van der Waals surface area contributed by atoms with Gasteiger partial charge in [0.2, 0.25) is 5.95 Å². The van der Waals surface area contributed by atoms with E-state index >= 15 is 0 Å². The predicted octanol–water partition coefficient (Wildman–Crippen LogP) is 8.82. The SMILES string of the molecule is CCC(=O)c1ccc2c(c1)nc(N(COCC[Si](C)(C)C)CC1CCNC(Cc3cccc4ccccc34)C1)n2COCC[Si](C)(C)C. The van der Waals surface area contributed by atoms with Crippen molar-refractivity contribution < 1.29 is 14.3 Å². The summed E-state index contributed by atoms with van der Waals surface area (Å²) < 4.78 is 15.0. The Morgan fingerprint density at radius 1 is 0.958 bits per heavy atom. The van der Waals surface area contributed by atoms with E-state index in [0.29, 0.717) is 37.4 Å². The Hall–Kier alpha value is -2.83. The number of anilines is 1. The van der Waals surface area contributed by atoms with Gasteiger partial charge in [0.15, 0.2) is 5.78 Å². The summed E-state index contributed by atoms with van der Waals surface area (Å²) in [5.74, 6) is 1.50. The molecule has 2 atom stereocenters. The first kappa shape index (κ1) is 36.5. The molecule has 0 spiro atoms. The fraction of sp³-hybridized carbons (Fsp3) is 0.538. The summed E-state index contributed by atoms with van der Waals surface area (Å²) >= 11 is 0. The highest BCUT2D eigenvalue weighted by atomic mass is 28.3. The number of ether oxygens (including phenoxy) is 2. The fourth-order valence-corrected chi connectivity index (χ4v) is 8.12. The molecule has 1 aromatic heterocycles. The Morgan fingerprint density at radius 3 is 2.44 bits per heavy atom. The van der Waals surface area contributed by atoms with Crippen molar-refractivity contribution in [2.75, 3.05) is 37.9 Å². The van der Waals surface area contributed by atoms with Crippen LogP contribution in [0, 0.1) is 5.92 Å². The zero-order valence-corrected chi connectivity index (χ0v) is 32.5. The van der Waals surface area contributed by atoms with Crippen molar-refractivity contribution in [1.29, 1.82) is 0 Å². The van der Waals surface area contributed by atoms with Crippen molar-refractivity contribution in [2.24, 2.45) is 5.92 Å². The first-order valence-corrected chi connectivity index (χ1v) is 25.5. The number of nitrogens with one attached hydrogen (secondary N) is 1. The number of carbonyl (C=O) groups is 1. The van der Waals surface area contributed by atoms with Crippen LogP contribution in [-0.4, -0.2) is 70.6 Å². The summed E-state index contributed by atoms with van der Waals surface area (Å²) in [5.41, 5.74) is 3.96. The molecule has 0 radical (unpaired) electrons. The molecule has 4 aromatic rings. The van der Waals surface area contributed by atoms with Crippen LogP contribution in [0.2, 0.25) is 51.4 Å². The second kappa shape index (κ2) is 16.3. The van der Waals surface area contributed by atoms with E-state index in [9.17, 15) is 4.79 Å². The van der Waals surface area contributed by atoms with E-state index in [-0.39, 0.29) is 5.78 Å². The number of hydrogen-bond donors (Lipinski definition) is 1. The van der Waals surface area contributed by atoms with Gasteiger partial charge in [0.25, 0.3) is 0 Å². The molecule has 1 aliphatic heterocycles. The number of imidazole rings is 1. The van der Waals surface area contributed by atoms with Crippen molar-refractivity contribution in [1.82, 2.24) is 14.9 Å². The third-order valence-corrected chi connectivity index (χ3v) is 13.0. The molecule has 0 saturated carbocycles. The summed E-state index contributed by atoms with van der Waals surface area (Å²) in [7, 11) is -2.46. The minimum atomic E-state index is -1.23. The number of benzene rings is 3. The number of Topliss-reactive ketones (excluding diaryl/α,β-unsaturated/α-hetero) is 1. The zero-order valence-electron chi connectivity index (χ0n) is 30.5. The third-order valence-electron chi connectivity index (χ3n) is 9.54. The second-order valence-corrected chi connectivity index (χ2v) is 27.4. The topological polar surface area (TPSA) is 68.6 Å². The van der Waals surface area contributed by atoms with Gasteiger partial charge in [0, 0.05) is 53.9 Å². The number of aromatic nitrogens is 2. The van der Waals surface area contributed by atoms with Crippen LogP contribution >= 0.6 is 0 Å².